The van der Waals surface area contributed by atoms with Crippen molar-refractivity contribution in [2.45, 2.75) is 5.41 Å². The Kier molecular flexibility index (Phi) is 7.00. The topological polar surface area (TPSA) is 43.6 Å². The summed E-state index contributed by atoms with van der Waals surface area (Å²) in [7, 11) is 0. The molecule has 1 aliphatic rings. The van der Waals surface area contributed by atoms with Gasteiger partial charge in [0, 0.05) is 38.9 Å². The molecule has 9 aromatic rings. The van der Waals surface area contributed by atoms with Crippen LogP contribution < -0.4 is 0 Å². The molecule has 244 valence electrons. The minimum Gasteiger partial charge on any atom is -0.309 e. The van der Waals surface area contributed by atoms with Gasteiger partial charge in [0.25, 0.3) is 0 Å². The van der Waals surface area contributed by atoms with Crippen LogP contribution in [0.15, 0.2) is 194 Å². The van der Waals surface area contributed by atoms with Crippen LogP contribution in [-0.2, 0) is 5.41 Å². The lowest BCUT2D eigenvalue weighted by atomic mass is 9.66. The maximum absolute atomic E-state index is 5.29. The van der Waals surface area contributed by atoms with Crippen LogP contribution in [0, 0.1) is 0 Å². The van der Waals surface area contributed by atoms with E-state index in [0.717, 1.165) is 33.5 Å². The van der Waals surface area contributed by atoms with E-state index in [-0.39, 0.29) is 0 Å². The van der Waals surface area contributed by atoms with Crippen molar-refractivity contribution in [1.82, 2.24) is 19.5 Å². The van der Waals surface area contributed by atoms with E-state index in [2.05, 4.69) is 162 Å². The van der Waals surface area contributed by atoms with Gasteiger partial charge in [-0.2, -0.15) is 0 Å². The molecule has 0 atom stereocenters. The Balaban J connectivity index is 1.38. The van der Waals surface area contributed by atoms with Gasteiger partial charge in [0.05, 0.1) is 16.6 Å². The highest BCUT2D eigenvalue weighted by Crippen LogP contribution is 2.61. The molecule has 2 aromatic heterocycles. The highest BCUT2D eigenvalue weighted by atomic mass is 15.0. The summed E-state index contributed by atoms with van der Waals surface area (Å²) in [5.74, 6) is 1.92. The molecule has 52 heavy (non-hydrogen) atoms. The van der Waals surface area contributed by atoms with E-state index in [0.29, 0.717) is 17.5 Å². The summed E-state index contributed by atoms with van der Waals surface area (Å²) in [6.07, 6.45) is 0. The lowest BCUT2D eigenvalue weighted by Crippen LogP contribution is -2.29. The van der Waals surface area contributed by atoms with Crippen molar-refractivity contribution in [3.05, 3.63) is 216 Å². The minimum atomic E-state index is -0.699. The number of hydrogen-bond donors (Lipinski definition) is 0. The molecule has 7 aromatic carbocycles. The highest BCUT2D eigenvalue weighted by molar-refractivity contribution is 6.03. The van der Waals surface area contributed by atoms with Gasteiger partial charge in [-0.25, -0.2) is 15.0 Å². The summed E-state index contributed by atoms with van der Waals surface area (Å²) in [6.45, 7) is 0. The number of fused-ring (bicyclic) bond motifs is 5. The maximum Gasteiger partial charge on any atom is 0.164 e. The molecule has 0 radical (unpaired) electrons. The van der Waals surface area contributed by atoms with Crippen LogP contribution in [0.4, 0.5) is 0 Å². The zero-order valence-corrected chi connectivity index (χ0v) is 28.3. The molecule has 10 rings (SSSR count). The Bertz CT molecular complexity index is 2610. The van der Waals surface area contributed by atoms with E-state index >= 15 is 0 Å². The highest BCUT2D eigenvalue weighted by Gasteiger charge is 2.51. The summed E-state index contributed by atoms with van der Waals surface area (Å²) in [5.41, 5.74) is 11.6. The second kappa shape index (κ2) is 12.1. The zero-order chi connectivity index (χ0) is 34.5. The molecule has 0 N–H and O–H groups in total. The molecule has 0 amide bonds. The van der Waals surface area contributed by atoms with E-state index in [1.165, 1.54) is 33.3 Å². The molecule has 0 aliphatic heterocycles. The molecule has 1 aliphatic carbocycles. The first-order chi connectivity index (χ1) is 25.8. The standard InChI is InChI=1S/C48H32N4/c1-6-19-33(20-7-1)45-49-46(34-21-8-2-9-22-34)51-47(50-45)40-31-18-30-39-42(40)48(35-23-10-3-11-24-35,36-25-12-4-13-26-36)43-38-29-16-17-32-41(38)52(44(39)43)37-27-14-5-15-28-37/h1-32H. The van der Waals surface area contributed by atoms with Gasteiger partial charge in [-0.1, -0.05) is 176 Å². The van der Waals surface area contributed by atoms with Crippen molar-refractivity contribution in [3.63, 3.8) is 0 Å². The van der Waals surface area contributed by atoms with Gasteiger partial charge in [-0.3, -0.25) is 0 Å². The number of hydrogen-bond acceptors (Lipinski definition) is 3. The zero-order valence-electron chi connectivity index (χ0n) is 28.3. The second-order valence-corrected chi connectivity index (χ2v) is 13.2. The average Bonchev–Trinajstić information content (AvgIpc) is 3.74. The molecule has 4 nitrogen and oxygen atoms in total. The van der Waals surface area contributed by atoms with E-state index in [1.807, 2.05) is 36.4 Å². The van der Waals surface area contributed by atoms with Gasteiger partial charge in [-0.15, -0.1) is 0 Å². The van der Waals surface area contributed by atoms with Crippen LogP contribution in [0.2, 0.25) is 0 Å². The van der Waals surface area contributed by atoms with Gasteiger partial charge < -0.3 is 4.57 Å². The fourth-order valence-electron chi connectivity index (χ4n) is 8.23. The van der Waals surface area contributed by atoms with Crippen LogP contribution in [0.5, 0.6) is 0 Å². The van der Waals surface area contributed by atoms with Gasteiger partial charge in [0.1, 0.15) is 0 Å². The number of aromatic nitrogens is 4. The van der Waals surface area contributed by atoms with Crippen LogP contribution in [0.3, 0.4) is 0 Å². The second-order valence-electron chi connectivity index (χ2n) is 13.2. The normalized spacial score (nSPS) is 12.8. The molecular formula is C48H32N4. The van der Waals surface area contributed by atoms with Gasteiger partial charge in [0.15, 0.2) is 17.5 Å². The van der Waals surface area contributed by atoms with Crippen LogP contribution in [0.1, 0.15) is 22.3 Å². The molecule has 0 saturated heterocycles. The minimum absolute atomic E-state index is 0.640. The molecule has 0 unspecified atom stereocenters. The summed E-state index contributed by atoms with van der Waals surface area (Å²) in [4.78, 5) is 15.6. The number of benzene rings is 7. The van der Waals surface area contributed by atoms with Crippen LogP contribution in [-0.4, -0.2) is 19.5 Å². The van der Waals surface area contributed by atoms with Gasteiger partial charge in [-0.05, 0) is 34.9 Å². The molecule has 0 fully saturated rings. The van der Waals surface area contributed by atoms with Crippen LogP contribution in [0.25, 0.3) is 62.0 Å². The maximum atomic E-state index is 5.29. The largest absolute Gasteiger partial charge is 0.309 e. The third-order valence-corrected chi connectivity index (χ3v) is 10.3. The van der Waals surface area contributed by atoms with Crippen molar-refractivity contribution in [2.75, 3.05) is 0 Å². The first kappa shape index (κ1) is 30.0. The Morgan fingerprint density at radius 2 is 0.827 bits per heavy atom. The molecule has 0 spiro atoms. The summed E-state index contributed by atoms with van der Waals surface area (Å²) in [5, 5.41) is 1.21. The summed E-state index contributed by atoms with van der Waals surface area (Å²) in [6, 6.07) is 68.5. The average molecular weight is 665 g/mol. The lowest BCUT2D eigenvalue weighted by molar-refractivity contribution is 0.775. The third kappa shape index (κ3) is 4.51. The van der Waals surface area contributed by atoms with E-state index < -0.39 is 5.41 Å². The first-order valence-electron chi connectivity index (χ1n) is 17.6. The van der Waals surface area contributed by atoms with Crippen molar-refractivity contribution in [1.29, 1.82) is 0 Å². The van der Waals surface area contributed by atoms with Crippen molar-refractivity contribution in [3.8, 4) is 51.1 Å². The van der Waals surface area contributed by atoms with Crippen LogP contribution >= 0.6 is 0 Å². The Morgan fingerprint density at radius 1 is 0.365 bits per heavy atom. The van der Waals surface area contributed by atoms with E-state index in [1.54, 1.807) is 0 Å². The van der Waals surface area contributed by atoms with Crippen molar-refractivity contribution in [2.24, 2.45) is 0 Å². The molecule has 4 heteroatoms. The number of nitrogens with zero attached hydrogens (tertiary/aromatic N) is 4. The Hall–Kier alpha value is -6.91. The molecule has 0 saturated carbocycles. The number of para-hydroxylation sites is 2. The van der Waals surface area contributed by atoms with E-state index in [4.69, 9.17) is 15.0 Å². The summed E-state index contributed by atoms with van der Waals surface area (Å²) < 4.78 is 2.44. The predicted octanol–water partition coefficient (Wildman–Crippen LogP) is 11.2. The first-order valence-corrected chi connectivity index (χ1v) is 17.6. The lowest BCUT2D eigenvalue weighted by Gasteiger charge is -2.35. The molecule has 2 heterocycles. The Labute approximate surface area is 302 Å². The molecular weight excluding hydrogens is 633 g/mol. The smallest absolute Gasteiger partial charge is 0.164 e. The quantitative estimate of drug-likeness (QED) is 0.178. The predicted molar refractivity (Wildman–Crippen MR) is 210 cm³/mol. The summed E-state index contributed by atoms with van der Waals surface area (Å²) >= 11 is 0. The third-order valence-electron chi connectivity index (χ3n) is 10.3. The van der Waals surface area contributed by atoms with Crippen molar-refractivity contribution < 1.29 is 0 Å². The van der Waals surface area contributed by atoms with Crippen molar-refractivity contribution >= 4 is 10.9 Å². The number of rotatable bonds is 6. The monoisotopic (exact) mass is 664 g/mol. The van der Waals surface area contributed by atoms with Gasteiger partial charge in [0.2, 0.25) is 0 Å². The van der Waals surface area contributed by atoms with Gasteiger partial charge >= 0.3 is 0 Å². The molecule has 0 bridgehead atoms. The fraction of sp³-hybridized carbons (Fsp3) is 0.0208. The van der Waals surface area contributed by atoms with E-state index in [9.17, 15) is 0 Å². The SMILES string of the molecule is c1ccc(-c2nc(-c3ccccc3)nc(-c3cccc4c3C(c3ccccc3)(c3ccccc3)c3c-4n(-c4ccccc4)c4ccccc34)n2)cc1. The Morgan fingerprint density at radius 3 is 1.40 bits per heavy atom. The fourth-order valence-corrected chi connectivity index (χ4v) is 8.23.